The van der Waals surface area contributed by atoms with Gasteiger partial charge in [-0.25, -0.2) is 0 Å². The minimum Gasteiger partial charge on any atom is -0.378 e. The fraction of sp³-hybridized carbons (Fsp3) is 0.500. The molecule has 3 N–H and O–H groups in total. The van der Waals surface area contributed by atoms with Gasteiger partial charge < -0.3 is 16.0 Å². The maximum atomic E-state index is 11.6. The Balaban J connectivity index is 2.46. The highest BCUT2D eigenvalue weighted by molar-refractivity contribution is 5.81. The summed E-state index contributed by atoms with van der Waals surface area (Å²) in [5, 5.41) is 2.85. The van der Waals surface area contributed by atoms with Crippen molar-refractivity contribution in [2.24, 2.45) is 5.73 Å². The van der Waals surface area contributed by atoms with Gasteiger partial charge in [-0.15, -0.1) is 0 Å². The van der Waals surface area contributed by atoms with Crippen molar-refractivity contribution in [2.75, 3.05) is 19.0 Å². The van der Waals surface area contributed by atoms with Crippen LogP contribution in [0.1, 0.15) is 25.3 Å². The average Bonchev–Trinajstić information content (AvgIpc) is 2.36. The molecule has 0 saturated heterocycles. The summed E-state index contributed by atoms with van der Waals surface area (Å²) in [6.07, 6.45) is 1.65. The predicted octanol–water partition coefficient (Wildman–Crippen LogP) is 1.50. The van der Waals surface area contributed by atoms with Gasteiger partial charge in [0.25, 0.3) is 0 Å². The lowest BCUT2D eigenvalue weighted by molar-refractivity contribution is -0.122. The summed E-state index contributed by atoms with van der Waals surface area (Å²) in [6, 6.07) is 7.71. The molecule has 1 aromatic carbocycles. The van der Waals surface area contributed by atoms with Gasteiger partial charge in [0, 0.05) is 26.3 Å². The van der Waals surface area contributed by atoms with Gasteiger partial charge in [-0.2, -0.15) is 0 Å². The Kier molecular flexibility index (Phi) is 5.65. The van der Waals surface area contributed by atoms with Crippen LogP contribution in [0.25, 0.3) is 0 Å². The van der Waals surface area contributed by atoms with Crippen molar-refractivity contribution in [3.63, 3.8) is 0 Å². The van der Waals surface area contributed by atoms with Crippen molar-refractivity contribution in [1.82, 2.24) is 5.32 Å². The van der Waals surface area contributed by atoms with Crippen LogP contribution >= 0.6 is 0 Å². The van der Waals surface area contributed by atoms with E-state index in [9.17, 15) is 4.79 Å². The highest BCUT2D eigenvalue weighted by atomic mass is 16.2. The van der Waals surface area contributed by atoms with E-state index in [0.29, 0.717) is 6.54 Å². The van der Waals surface area contributed by atoms with Gasteiger partial charge >= 0.3 is 0 Å². The minimum absolute atomic E-state index is 0.0754. The number of nitrogens with zero attached hydrogens (tertiary/aromatic N) is 1. The Morgan fingerprint density at radius 1 is 1.33 bits per heavy atom. The third-order valence-electron chi connectivity index (χ3n) is 2.86. The van der Waals surface area contributed by atoms with E-state index in [0.717, 1.165) is 24.1 Å². The molecule has 1 atom stereocenters. The van der Waals surface area contributed by atoms with E-state index in [1.807, 2.05) is 50.2 Å². The number of carbonyl (C=O) groups is 1. The molecule has 0 unspecified atom stereocenters. The highest BCUT2D eigenvalue weighted by Gasteiger charge is 2.11. The highest BCUT2D eigenvalue weighted by Crippen LogP contribution is 2.11. The fourth-order valence-electron chi connectivity index (χ4n) is 1.67. The van der Waals surface area contributed by atoms with Crippen LogP contribution in [0.3, 0.4) is 0 Å². The molecule has 0 aliphatic heterocycles. The summed E-state index contributed by atoms with van der Waals surface area (Å²) in [7, 11) is 4.00. The van der Waals surface area contributed by atoms with Gasteiger partial charge in [0.15, 0.2) is 0 Å². The molecule has 0 aliphatic rings. The van der Waals surface area contributed by atoms with Crippen molar-refractivity contribution in [2.45, 2.75) is 32.4 Å². The van der Waals surface area contributed by atoms with Crippen LogP contribution in [0.2, 0.25) is 0 Å². The van der Waals surface area contributed by atoms with Crippen molar-refractivity contribution in [1.29, 1.82) is 0 Å². The van der Waals surface area contributed by atoms with Crippen LogP contribution in [0.15, 0.2) is 24.3 Å². The van der Waals surface area contributed by atoms with Crippen molar-refractivity contribution in [3.8, 4) is 0 Å². The largest absolute Gasteiger partial charge is 0.378 e. The van der Waals surface area contributed by atoms with Gasteiger partial charge in [0.05, 0.1) is 6.04 Å². The lowest BCUT2D eigenvalue weighted by atomic mass is 10.1. The Bertz CT molecular complexity index is 373. The number of hydrogen-bond donors (Lipinski definition) is 2. The summed E-state index contributed by atoms with van der Waals surface area (Å²) in [6.45, 7) is 2.55. The van der Waals surface area contributed by atoms with E-state index >= 15 is 0 Å². The second-order valence-electron chi connectivity index (χ2n) is 4.67. The molecule has 0 fully saturated rings. The van der Waals surface area contributed by atoms with Crippen molar-refractivity contribution < 1.29 is 4.79 Å². The van der Waals surface area contributed by atoms with Crippen LogP contribution in [0, 0.1) is 0 Å². The topological polar surface area (TPSA) is 58.4 Å². The molecule has 1 rings (SSSR count). The number of nitrogens with two attached hydrogens (primary N) is 1. The smallest absolute Gasteiger partial charge is 0.237 e. The first-order valence-electron chi connectivity index (χ1n) is 6.34. The number of carbonyl (C=O) groups excluding carboxylic acids is 1. The van der Waals surface area contributed by atoms with Gasteiger partial charge in [0.1, 0.15) is 0 Å². The summed E-state index contributed by atoms with van der Waals surface area (Å²) in [5.74, 6) is -0.0754. The third-order valence-corrected chi connectivity index (χ3v) is 2.86. The lowest BCUT2D eigenvalue weighted by Crippen LogP contribution is -2.40. The lowest BCUT2D eigenvalue weighted by Gasteiger charge is -2.14. The Labute approximate surface area is 109 Å². The van der Waals surface area contributed by atoms with E-state index in [1.54, 1.807) is 0 Å². The molecule has 0 heterocycles. The van der Waals surface area contributed by atoms with Crippen molar-refractivity contribution >= 4 is 11.6 Å². The molecule has 0 aliphatic carbocycles. The Morgan fingerprint density at radius 3 is 2.44 bits per heavy atom. The Morgan fingerprint density at radius 2 is 1.94 bits per heavy atom. The summed E-state index contributed by atoms with van der Waals surface area (Å²) < 4.78 is 0. The quantitative estimate of drug-likeness (QED) is 0.803. The zero-order chi connectivity index (χ0) is 13.5. The van der Waals surface area contributed by atoms with Crippen molar-refractivity contribution in [3.05, 3.63) is 29.8 Å². The average molecular weight is 249 g/mol. The van der Waals surface area contributed by atoms with E-state index in [-0.39, 0.29) is 5.91 Å². The number of benzene rings is 1. The SMILES string of the molecule is CCC[C@H](N)C(=O)NCc1ccc(N(C)C)cc1. The monoisotopic (exact) mass is 249 g/mol. The summed E-state index contributed by atoms with van der Waals surface area (Å²) >= 11 is 0. The van der Waals surface area contributed by atoms with Crippen LogP contribution < -0.4 is 16.0 Å². The zero-order valence-electron chi connectivity index (χ0n) is 11.4. The second-order valence-corrected chi connectivity index (χ2v) is 4.67. The maximum absolute atomic E-state index is 11.6. The number of rotatable bonds is 6. The minimum atomic E-state index is -0.393. The molecule has 100 valence electrons. The first-order chi connectivity index (χ1) is 8.54. The molecule has 0 saturated carbocycles. The first-order valence-corrected chi connectivity index (χ1v) is 6.34. The molecule has 4 nitrogen and oxygen atoms in total. The summed E-state index contributed by atoms with van der Waals surface area (Å²) in [4.78, 5) is 13.7. The molecule has 1 aromatic rings. The maximum Gasteiger partial charge on any atom is 0.237 e. The standard InChI is InChI=1S/C14H23N3O/c1-4-5-13(15)14(18)16-10-11-6-8-12(9-7-11)17(2)3/h6-9,13H,4-5,10,15H2,1-3H3,(H,16,18)/t13-/m0/s1. The van der Waals surface area contributed by atoms with Gasteiger partial charge in [-0.1, -0.05) is 25.5 Å². The van der Waals surface area contributed by atoms with Crippen LogP contribution in [0.4, 0.5) is 5.69 Å². The molecule has 1 amide bonds. The second kappa shape index (κ2) is 7.01. The van der Waals surface area contributed by atoms with Crippen LogP contribution in [-0.4, -0.2) is 26.0 Å². The number of amides is 1. The van der Waals surface area contributed by atoms with E-state index < -0.39 is 6.04 Å². The van der Waals surface area contributed by atoms with Gasteiger partial charge in [-0.3, -0.25) is 4.79 Å². The van der Waals surface area contributed by atoms with E-state index in [4.69, 9.17) is 5.73 Å². The fourth-order valence-corrected chi connectivity index (χ4v) is 1.67. The molecule has 18 heavy (non-hydrogen) atoms. The van der Waals surface area contributed by atoms with E-state index in [1.165, 1.54) is 0 Å². The van der Waals surface area contributed by atoms with Gasteiger partial charge in [0.2, 0.25) is 5.91 Å². The van der Waals surface area contributed by atoms with Crippen LogP contribution in [0.5, 0.6) is 0 Å². The molecule has 0 aromatic heterocycles. The molecular weight excluding hydrogens is 226 g/mol. The Hall–Kier alpha value is -1.55. The normalized spacial score (nSPS) is 12.0. The van der Waals surface area contributed by atoms with E-state index in [2.05, 4.69) is 5.32 Å². The summed E-state index contributed by atoms with van der Waals surface area (Å²) in [5.41, 5.74) is 7.96. The van der Waals surface area contributed by atoms with Gasteiger partial charge in [-0.05, 0) is 24.1 Å². The number of nitrogens with one attached hydrogen (secondary N) is 1. The molecule has 0 bridgehead atoms. The molecule has 0 radical (unpaired) electrons. The molecule has 4 heteroatoms. The first kappa shape index (κ1) is 14.5. The number of anilines is 1. The molecule has 0 spiro atoms. The van der Waals surface area contributed by atoms with Crippen LogP contribution in [-0.2, 0) is 11.3 Å². The number of hydrogen-bond acceptors (Lipinski definition) is 3. The zero-order valence-corrected chi connectivity index (χ0v) is 11.4. The third kappa shape index (κ3) is 4.37. The predicted molar refractivity (Wildman–Crippen MR) is 75.5 cm³/mol. The molecular formula is C14H23N3O.